The summed E-state index contributed by atoms with van der Waals surface area (Å²) in [4.78, 5) is 20.0. The van der Waals surface area contributed by atoms with Gasteiger partial charge in [0.25, 0.3) is 0 Å². The average Bonchev–Trinajstić information content (AvgIpc) is 3.26. The maximum atomic E-state index is 15.7. The molecule has 0 spiro atoms. The van der Waals surface area contributed by atoms with Gasteiger partial charge in [-0.05, 0) is 47.5 Å². The molecule has 0 saturated heterocycles. The number of halogens is 1. The molecule has 3 aromatic heterocycles. The Morgan fingerprint density at radius 2 is 2.00 bits per heavy atom. The number of amides is 1. The zero-order valence-corrected chi connectivity index (χ0v) is 21.0. The van der Waals surface area contributed by atoms with E-state index in [1.54, 1.807) is 54.2 Å². The van der Waals surface area contributed by atoms with E-state index in [9.17, 15) is 10.1 Å². The molecule has 0 aliphatic carbocycles. The zero-order valence-electron chi connectivity index (χ0n) is 21.0. The monoisotopic (exact) mass is 518 g/mol. The smallest absolute Gasteiger partial charge is 0.243 e. The van der Waals surface area contributed by atoms with Crippen molar-refractivity contribution < 1.29 is 13.9 Å². The fourth-order valence-electron chi connectivity index (χ4n) is 4.53. The normalized spacial score (nSPS) is 10.7. The predicted octanol–water partition coefficient (Wildman–Crippen LogP) is 5.49. The van der Waals surface area contributed by atoms with Crippen LogP contribution in [0.25, 0.3) is 33.3 Å². The Kier molecular flexibility index (Phi) is 6.76. The average molecular weight is 519 g/mol. The van der Waals surface area contributed by atoms with Crippen molar-refractivity contribution in [3.8, 4) is 40.1 Å². The maximum Gasteiger partial charge on any atom is 0.243 e. The van der Waals surface area contributed by atoms with E-state index in [1.807, 2.05) is 18.2 Å². The number of benzene rings is 2. The summed E-state index contributed by atoms with van der Waals surface area (Å²) < 4.78 is 23.2. The summed E-state index contributed by atoms with van der Waals surface area (Å²) in [5.74, 6) is 0.402. The van der Waals surface area contributed by atoms with Crippen molar-refractivity contribution in [1.82, 2.24) is 19.9 Å². The summed E-state index contributed by atoms with van der Waals surface area (Å²) in [5.41, 5.74) is 9.98. The number of carbonyl (C=O) groups excluding carboxylic acids is 1. The van der Waals surface area contributed by atoms with Crippen molar-refractivity contribution in [2.24, 2.45) is 7.05 Å². The lowest BCUT2D eigenvalue weighted by atomic mass is 9.97. The number of nitrogen functional groups attached to an aromatic ring is 1. The van der Waals surface area contributed by atoms with Crippen molar-refractivity contribution >= 4 is 22.6 Å². The van der Waals surface area contributed by atoms with Crippen molar-refractivity contribution in [2.75, 3.05) is 5.73 Å². The molecule has 0 atom stereocenters. The van der Waals surface area contributed by atoms with E-state index >= 15 is 4.39 Å². The van der Waals surface area contributed by atoms with E-state index in [0.717, 1.165) is 11.6 Å². The Labute approximate surface area is 223 Å². The highest BCUT2D eigenvalue weighted by Gasteiger charge is 2.25. The van der Waals surface area contributed by atoms with E-state index in [0.29, 0.717) is 50.5 Å². The van der Waals surface area contributed by atoms with Crippen molar-refractivity contribution in [1.29, 1.82) is 5.26 Å². The second kappa shape index (κ2) is 10.5. The topological polar surface area (TPSA) is 119 Å². The first-order valence-electron chi connectivity index (χ1n) is 12.0. The zero-order chi connectivity index (χ0) is 27.5. The first-order chi connectivity index (χ1) is 18.9. The van der Waals surface area contributed by atoms with Gasteiger partial charge >= 0.3 is 0 Å². The Morgan fingerprint density at radius 3 is 2.67 bits per heavy atom. The standard InChI is InChI=1S/C30H23FN6O2/c1-3-24(38)35-16-18-7-12-22(23(31)14-18)29-26(27-28(37(29)2)20(15-32)17-36-30(27)33)19-8-10-21(11-9-19)39-25-6-4-5-13-34-25/h3-14,17H,1,16H2,2H3,(H2,33,36)(H,35,38). The van der Waals surface area contributed by atoms with Crippen LogP contribution in [0.15, 0.2) is 85.7 Å². The number of carbonyl (C=O) groups is 1. The van der Waals surface area contributed by atoms with Gasteiger partial charge in [0.2, 0.25) is 11.8 Å². The summed E-state index contributed by atoms with van der Waals surface area (Å²) in [7, 11) is 1.76. The molecule has 5 aromatic rings. The van der Waals surface area contributed by atoms with Gasteiger partial charge in [0, 0.05) is 43.2 Å². The molecule has 2 aromatic carbocycles. The fourth-order valence-corrected chi connectivity index (χ4v) is 4.53. The van der Waals surface area contributed by atoms with E-state index in [2.05, 4.69) is 27.9 Å². The summed E-state index contributed by atoms with van der Waals surface area (Å²) in [5, 5.41) is 13.0. The van der Waals surface area contributed by atoms with Crippen LogP contribution in [-0.4, -0.2) is 20.4 Å². The minimum atomic E-state index is -0.493. The number of hydrogen-bond acceptors (Lipinski definition) is 6. The van der Waals surface area contributed by atoms with Crippen molar-refractivity contribution in [3.63, 3.8) is 0 Å². The highest BCUT2D eigenvalue weighted by molar-refractivity contribution is 6.10. The number of hydrogen-bond donors (Lipinski definition) is 2. The Balaban J connectivity index is 1.66. The van der Waals surface area contributed by atoms with Crippen LogP contribution in [0.1, 0.15) is 11.1 Å². The summed E-state index contributed by atoms with van der Waals surface area (Å²) >= 11 is 0. The molecule has 3 N–H and O–H groups in total. The van der Waals surface area contributed by atoms with Gasteiger partial charge in [0.1, 0.15) is 23.5 Å². The lowest BCUT2D eigenvalue weighted by molar-refractivity contribution is -0.116. The van der Waals surface area contributed by atoms with Crippen LogP contribution in [0.3, 0.4) is 0 Å². The molecule has 8 nitrogen and oxygen atoms in total. The molecule has 5 rings (SSSR count). The van der Waals surface area contributed by atoms with Crippen LogP contribution in [0.2, 0.25) is 0 Å². The van der Waals surface area contributed by atoms with Gasteiger partial charge in [-0.15, -0.1) is 0 Å². The van der Waals surface area contributed by atoms with E-state index < -0.39 is 5.82 Å². The van der Waals surface area contributed by atoms with E-state index in [4.69, 9.17) is 10.5 Å². The highest BCUT2D eigenvalue weighted by atomic mass is 19.1. The molecule has 1 amide bonds. The number of rotatable bonds is 7. The second-order valence-corrected chi connectivity index (χ2v) is 8.71. The largest absolute Gasteiger partial charge is 0.439 e. The quantitative estimate of drug-likeness (QED) is 0.275. The number of ether oxygens (including phenoxy) is 1. The molecule has 0 fully saturated rings. The third-order valence-corrected chi connectivity index (χ3v) is 6.30. The van der Waals surface area contributed by atoms with Crippen LogP contribution in [0.4, 0.5) is 10.2 Å². The van der Waals surface area contributed by atoms with E-state index in [-0.39, 0.29) is 18.3 Å². The van der Waals surface area contributed by atoms with Gasteiger partial charge < -0.3 is 20.4 Å². The fraction of sp³-hybridized carbons (Fsp3) is 0.0667. The van der Waals surface area contributed by atoms with Gasteiger partial charge in [0.15, 0.2) is 0 Å². The molecule has 0 aliphatic heterocycles. The van der Waals surface area contributed by atoms with Gasteiger partial charge in [-0.1, -0.05) is 30.8 Å². The van der Waals surface area contributed by atoms with E-state index in [1.165, 1.54) is 12.3 Å². The van der Waals surface area contributed by atoms with Crippen LogP contribution in [0, 0.1) is 17.1 Å². The van der Waals surface area contributed by atoms with Gasteiger partial charge in [-0.25, -0.2) is 14.4 Å². The molecule has 0 bridgehead atoms. The first kappa shape index (κ1) is 25.2. The molecule has 0 unspecified atom stereocenters. The predicted molar refractivity (Wildman–Crippen MR) is 147 cm³/mol. The van der Waals surface area contributed by atoms with Gasteiger partial charge in [-0.2, -0.15) is 5.26 Å². The summed E-state index contributed by atoms with van der Waals surface area (Å²) in [6, 6.07) is 19.6. The molecule has 3 heterocycles. The minimum absolute atomic E-state index is 0.150. The first-order valence-corrected chi connectivity index (χ1v) is 12.0. The number of anilines is 1. The number of nitrogens with two attached hydrogens (primary N) is 1. The molecule has 39 heavy (non-hydrogen) atoms. The van der Waals surface area contributed by atoms with Gasteiger partial charge in [0.05, 0.1) is 22.2 Å². The number of nitriles is 1. The number of aryl methyl sites for hydroxylation is 1. The SMILES string of the molecule is C=CC(=O)NCc1ccc(-c2c(-c3ccc(Oc4ccccn4)cc3)c3c(N)ncc(C#N)c3n2C)c(F)c1. The van der Waals surface area contributed by atoms with Crippen LogP contribution in [0.5, 0.6) is 11.6 Å². The van der Waals surface area contributed by atoms with Gasteiger partial charge in [-0.3, -0.25) is 4.79 Å². The molecule has 192 valence electrons. The van der Waals surface area contributed by atoms with Crippen molar-refractivity contribution in [2.45, 2.75) is 6.54 Å². The Hall–Kier alpha value is -5.49. The molecule has 0 aliphatic rings. The summed E-state index contributed by atoms with van der Waals surface area (Å²) in [6.45, 7) is 3.57. The van der Waals surface area contributed by atoms with Crippen LogP contribution >= 0.6 is 0 Å². The maximum absolute atomic E-state index is 15.7. The lowest BCUT2D eigenvalue weighted by Crippen LogP contribution is -2.20. The third kappa shape index (κ3) is 4.79. The molecular formula is C30H23FN6O2. The molecular weight excluding hydrogens is 495 g/mol. The van der Waals surface area contributed by atoms with Crippen LogP contribution in [-0.2, 0) is 18.4 Å². The number of nitrogens with zero attached hydrogens (tertiary/aromatic N) is 4. The minimum Gasteiger partial charge on any atom is -0.439 e. The van der Waals surface area contributed by atoms with Crippen molar-refractivity contribution in [3.05, 3.63) is 103 Å². The number of fused-ring (bicyclic) bond motifs is 1. The number of nitrogens with one attached hydrogen (secondary N) is 1. The lowest BCUT2D eigenvalue weighted by Gasteiger charge is -2.12. The Bertz CT molecular complexity index is 1760. The highest BCUT2D eigenvalue weighted by Crippen LogP contribution is 2.44. The summed E-state index contributed by atoms with van der Waals surface area (Å²) in [6.07, 6.45) is 4.21. The number of pyridine rings is 2. The van der Waals surface area contributed by atoms with Crippen LogP contribution < -0.4 is 15.8 Å². The number of aromatic nitrogens is 3. The molecule has 0 saturated carbocycles. The molecule has 0 radical (unpaired) electrons. The molecule has 9 heteroatoms. The Morgan fingerprint density at radius 1 is 1.21 bits per heavy atom. The third-order valence-electron chi connectivity index (χ3n) is 6.30. The second-order valence-electron chi connectivity index (χ2n) is 8.71.